The van der Waals surface area contributed by atoms with Crippen molar-refractivity contribution < 1.29 is 13.3 Å². The average Bonchev–Trinajstić information content (AvgIpc) is 3.96. The van der Waals surface area contributed by atoms with Crippen LogP contribution < -0.4 is 0 Å². The Labute approximate surface area is 333 Å². The molecule has 0 amide bonds. The highest BCUT2D eigenvalue weighted by Gasteiger charge is 2.20. The van der Waals surface area contributed by atoms with E-state index in [4.69, 9.17) is 13.3 Å². The summed E-state index contributed by atoms with van der Waals surface area (Å²) in [5, 5.41) is 7.09. The summed E-state index contributed by atoms with van der Waals surface area (Å²) in [6, 6.07) is 41.0. The van der Waals surface area contributed by atoms with Gasteiger partial charge in [0.15, 0.2) is 0 Å². The molecule has 0 fully saturated rings. The van der Waals surface area contributed by atoms with E-state index in [0.29, 0.717) is 0 Å². The van der Waals surface area contributed by atoms with Gasteiger partial charge in [-0.3, -0.25) is 0 Å². The molecule has 0 saturated carbocycles. The number of hydrogen-bond donors (Lipinski definition) is 0. The van der Waals surface area contributed by atoms with E-state index in [1.807, 2.05) is 0 Å². The molecule has 0 unspecified atom stereocenters. The number of furan rings is 3. The number of fused-ring (bicyclic) bond motifs is 9. The molecule has 3 heteroatoms. The third-order valence-corrected chi connectivity index (χ3v) is 12.5. The maximum atomic E-state index is 6.68. The van der Waals surface area contributed by atoms with Gasteiger partial charge in [0.1, 0.15) is 33.5 Å². The van der Waals surface area contributed by atoms with E-state index >= 15 is 0 Å². The quantitative estimate of drug-likeness (QED) is 0.148. The molecule has 10 aromatic rings. The van der Waals surface area contributed by atoms with Crippen LogP contribution in [-0.2, 0) is 38.5 Å². The zero-order valence-electron chi connectivity index (χ0n) is 33.9. The van der Waals surface area contributed by atoms with E-state index in [2.05, 4.69) is 151 Å². The lowest BCUT2D eigenvalue weighted by Gasteiger charge is -2.14. The van der Waals surface area contributed by atoms with E-state index in [-0.39, 0.29) is 0 Å². The van der Waals surface area contributed by atoms with Gasteiger partial charge in [-0.1, -0.05) is 96.1 Å². The summed E-state index contributed by atoms with van der Waals surface area (Å²) < 4.78 is 20.0. The van der Waals surface area contributed by atoms with Crippen molar-refractivity contribution in [3.63, 3.8) is 0 Å². The number of benzene rings is 7. The largest absolute Gasteiger partial charge is 0.455 e. The second-order valence-electron chi connectivity index (χ2n) is 15.6. The summed E-state index contributed by atoms with van der Waals surface area (Å²) in [4.78, 5) is 0. The Balaban J connectivity index is 1.26. The van der Waals surface area contributed by atoms with E-state index in [9.17, 15) is 0 Å². The molecule has 0 spiro atoms. The van der Waals surface area contributed by atoms with Crippen molar-refractivity contribution in [2.24, 2.45) is 0 Å². The summed E-state index contributed by atoms with van der Waals surface area (Å²) in [5.74, 6) is 0. The molecule has 282 valence electrons. The fourth-order valence-electron chi connectivity index (χ4n) is 9.34. The second kappa shape index (κ2) is 13.8. The third-order valence-electron chi connectivity index (χ3n) is 12.5. The van der Waals surface area contributed by atoms with Crippen LogP contribution in [0, 0.1) is 0 Å². The van der Waals surface area contributed by atoms with Gasteiger partial charge in [0, 0.05) is 32.3 Å². The summed E-state index contributed by atoms with van der Waals surface area (Å²) in [6.07, 6.45) is 5.44. The molecule has 3 nitrogen and oxygen atoms in total. The number of hydrogen-bond acceptors (Lipinski definition) is 3. The summed E-state index contributed by atoms with van der Waals surface area (Å²) in [6.45, 7) is 13.3. The zero-order valence-corrected chi connectivity index (χ0v) is 33.9. The molecule has 0 radical (unpaired) electrons. The van der Waals surface area contributed by atoms with Crippen LogP contribution in [0.15, 0.2) is 122 Å². The highest BCUT2D eigenvalue weighted by Crippen LogP contribution is 2.43. The predicted octanol–water partition coefficient (Wildman–Crippen LogP) is 15.8. The minimum absolute atomic E-state index is 0.881. The minimum Gasteiger partial charge on any atom is -0.455 e. The molecule has 0 saturated heterocycles. The van der Waals surface area contributed by atoms with Crippen LogP contribution in [0.1, 0.15) is 74.9 Å². The Bertz CT molecular complexity index is 2840. The molecule has 0 aliphatic rings. The first-order chi connectivity index (χ1) is 27.9. The van der Waals surface area contributed by atoms with Crippen molar-refractivity contribution in [1.29, 1.82) is 0 Å². The third kappa shape index (κ3) is 5.54. The van der Waals surface area contributed by atoms with Crippen molar-refractivity contribution in [3.05, 3.63) is 143 Å². The van der Waals surface area contributed by atoms with Crippen molar-refractivity contribution in [2.45, 2.75) is 80.1 Å². The number of para-hydroxylation sites is 3. The van der Waals surface area contributed by atoms with E-state index in [0.717, 1.165) is 72.0 Å². The second-order valence-corrected chi connectivity index (χ2v) is 15.6. The normalized spacial score (nSPS) is 12.1. The molecule has 57 heavy (non-hydrogen) atoms. The fourth-order valence-corrected chi connectivity index (χ4v) is 9.34. The van der Waals surface area contributed by atoms with Gasteiger partial charge in [-0.25, -0.2) is 0 Å². The molecule has 0 aliphatic carbocycles. The Morgan fingerprint density at radius 1 is 0.263 bits per heavy atom. The van der Waals surface area contributed by atoms with E-state index < -0.39 is 0 Å². The molecule has 7 aromatic carbocycles. The Morgan fingerprint density at radius 2 is 0.509 bits per heavy atom. The number of aryl methyl sites for hydroxylation is 6. The summed E-state index contributed by atoms with van der Waals surface area (Å²) >= 11 is 0. The molecular weight excluding hydrogens is 697 g/mol. The van der Waals surface area contributed by atoms with Crippen molar-refractivity contribution in [2.75, 3.05) is 0 Å². The average molecular weight is 745 g/mol. The van der Waals surface area contributed by atoms with Crippen molar-refractivity contribution in [3.8, 4) is 33.4 Å². The standard InChI is InChI=1S/C54H48O3/c1-7-31-16-13-19-43-46-28-40(22-34(10-4)52(46)55-49(31)43)37-25-38(41-23-35(11-5)53-47(29-41)44-20-14-17-32(8-2)50(44)56-53)27-39(26-37)42-24-36(12-6)54-48(30-42)45-21-15-18-33(9-3)51(45)57-54/h13-30H,7-12H2,1-6H3. The van der Waals surface area contributed by atoms with Crippen LogP contribution in [0.25, 0.3) is 99.2 Å². The summed E-state index contributed by atoms with van der Waals surface area (Å²) in [7, 11) is 0. The van der Waals surface area contributed by atoms with Gasteiger partial charge >= 0.3 is 0 Å². The van der Waals surface area contributed by atoms with Crippen LogP contribution in [-0.4, -0.2) is 0 Å². The lowest BCUT2D eigenvalue weighted by molar-refractivity contribution is 0.658. The minimum atomic E-state index is 0.881. The first-order valence-electron chi connectivity index (χ1n) is 21.0. The number of rotatable bonds is 9. The van der Waals surface area contributed by atoms with Gasteiger partial charge < -0.3 is 13.3 Å². The van der Waals surface area contributed by atoms with Crippen LogP contribution in [0.4, 0.5) is 0 Å². The first kappa shape index (κ1) is 35.4. The topological polar surface area (TPSA) is 39.4 Å². The smallest absolute Gasteiger partial charge is 0.138 e. The highest BCUT2D eigenvalue weighted by atomic mass is 16.3. The van der Waals surface area contributed by atoms with Gasteiger partial charge in [0.2, 0.25) is 0 Å². The van der Waals surface area contributed by atoms with Gasteiger partial charge in [-0.2, -0.15) is 0 Å². The maximum Gasteiger partial charge on any atom is 0.138 e. The first-order valence-corrected chi connectivity index (χ1v) is 21.0. The van der Waals surface area contributed by atoms with Crippen molar-refractivity contribution in [1.82, 2.24) is 0 Å². The summed E-state index contributed by atoms with van der Waals surface area (Å²) in [5.41, 5.74) is 20.6. The molecule has 0 N–H and O–H groups in total. The van der Waals surface area contributed by atoms with Crippen LogP contribution >= 0.6 is 0 Å². The van der Waals surface area contributed by atoms with Gasteiger partial charge in [-0.05, 0) is 160 Å². The Hall–Kier alpha value is -6.06. The lowest BCUT2D eigenvalue weighted by atomic mass is 9.89. The molecular formula is C54H48O3. The fraction of sp³-hybridized carbons (Fsp3) is 0.222. The van der Waals surface area contributed by atoms with Gasteiger partial charge in [0.25, 0.3) is 0 Å². The van der Waals surface area contributed by atoms with Gasteiger partial charge in [-0.15, -0.1) is 0 Å². The molecule has 3 heterocycles. The van der Waals surface area contributed by atoms with Crippen molar-refractivity contribution >= 4 is 65.8 Å². The molecule has 3 aromatic heterocycles. The zero-order chi connectivity index (χ0) is 38.9. The lowest BCUT2D eigenvalue weighted by Crippen LogP contribution is -1.91. The Morgan fingerprint density at radius 3 is 0.772 bits per heavy atom. The monoisotopic (exact) mass is 744 g/mol. The molecule has 0 bridgehead atoms. The SMILES string of the molecule is CCc1cccc2c1oc1c(CC)cc(-c3cc(-c4cc(CC)c5oc6c(CC)cccc6c5c4)cc(-c4cc(CC)c5oc6c(CC)cccc6c5c4)c3)cc12. The predicted molar refractivity (Wildman–Crippen MR) is 241 cm³/mol. The Kier molecular flexibility index (Phi) is 8.59. The van der Waals surface area contributed by atoms with E-state index in [1.54, 1.807) is 0 Å². The van der Waals surface area contributed by atoms with E-state index in [1.165, 1.54) is 99.1 Å². The molecule has 10 rings (SSSR count). The highest BCUT2D eigenvalue weighted by molar-refractivity contribution is 6.11. The molecule has 0 atom stereocenters. The maximum absolute atomic E-state index is 6.68. The van der Waals surface area contributed by atoms with Gasteiger partial charge in [0.05, 0.1) is 0 Å². The molecule has 0 aliphatic heterocycles. The van der Waals surface area contributed by atoms with Crippen LogP contribution in [0.5, 0.6) is 0 Å². The van der Waals surface area contributed by atoms with Crippen LogP contribution in [0.3, 0.4) is 0 Å². The van der Waals surface area contributed by atoms with Crippen LogP contribution in [0.2, 0.25) is 0 Å².